The number of anilines is 1. The molecule has 27 heavy (non-hydrogen) atoms. The average Bonchev–Trinajstić information content (AvgIpc) is 3.41. The highest BCUT2D eigenvalue weighted by Gasteiger charge is 2.30. The van der Waals surface area contributed by atoms with Crippen LogP contribution in [0.2, 0.25) is 5.02 Å². The Morgan fingerprint density at radius 1 is 1.19 bits per heavy atom. The molecule has 148 valence electrons. The van der Waals surface area contributed by atoms with Crippen LogP contribution in [-0.4, -0.2) is 53.6 Å². The Hall–Kier alpha value is -1.79. The lowest BCUT2D eigenvalue weighted by Crippen LogP contribution is -2.49. The number of benzene rings is 1. The van der Waals surface area contributed by atoms with E-state index in [-0.39, 0.29) is 17.9 Å². The van der Waals surface area contributed by atoms with Gasteiger partial charge in [0.1, 0.15) is 5.60 Å². The van der Waals surface area contributed by atoms with E-state index in [0.717, 1.165) is 37.2 Å². The molecule has 2 amide bonds. The first-order chi connectivity index (χ1) is 12.7. The molecule has 1 aromatic carbocycles. The van der Waals surface area contributed by atoms with Crippen molar-refractivity contribution in [1.29, 1.82) is 0 Å². The number of carbonyl (C=O) groups is 2. The van der Waals surface area contributed by atoms with Crippen LogP contribution in [0.3, 0.4) is 0 Å². The van der Waals surface area contributed by atoms with E-state index in [1.807, 2.05) is 32.9 Å². The van der Waals surface area contributed by atoms with E-state index in [9.17, 15) is 9.59 Å². The smallest absolute Gasteiger partial charge is 0.410 e. The zero-order valence-electron chi connectivity index (χ0n) is 16.3. The maximum atomic E-state index is 12.2. The van der Waals surface area contributed by atoms with Gasteiger partial charge < -0.3 is 15.0 Å². The van der Waals surface area contributed by atoms with Gasteiger partial charge in [0.2, 0.25) is 5.91 Å². The fraction of sp³-hybridized carbons (Fsp3) is 0.600. The lowest BCUT2D eigenvalue weighted by molar-refractivity contribution is -0.117. The monoisotopic (exact) mass is 393 g/mol. The third-order valence-electron chi connectivity index (χ3n) is 4.69. The fourth-order valence-electron chi connectivity index (χ4n) is 3.05. The van der Waals surface area contributed by atoms with Gasteiger partial charge in [-0.25, -0.2) is 4.79 Å². The normalized spacial score (nSPS) is 18.3. The molecular formula is C20H28ClN3O3. The lowest BCUT2D eigenvalue weighted by atomic mass is 10.1. The third-order valence-corrected chi connectivity index (χ3v) is 4.93. The molecule has 3 rings (SSSR count). The molecule has 1 saturated heterocycles. The van der Waals surface area contributed by atoms with Gasteiger partial charge in [0, 0.05) is 49.4 Å². The van der Waals surface area contributed by atoms with Crippen LogP contribution in [0, 0.1) is 5.92 Å². The van der Waals surface area contributed by atoms with Crippen molar-refractivity contribution in [1.82, 2.24) is 9.80 Å². The van der Waals surface area contributed by atoms with Gasteiger partial charge in [-0.15, -0.1) is 0 Å². The van der Waals surface area contributed by atoms with Gasteiger partial charge >= 0.3 is 6.09 Å². The van der Waals surface area contributed by atoms with Crippen LogP contribution in [0.25, 0.3) is 0 Å². The van der Waals surface area contributed by atoms with Crippen LogP contribution < -0.4 is 5.32 Å². The van der Waals surface area contributed by atoms with Crippen LogP contribution in [-0.2, 0) is 16.1 Å². The Kier molecular flexibility index (Phi) is 5.96. The molecule has 1 heterocycles. The predicted molar refractivity (Wildman–Crippen MR) is 106 cm³/mol. The molecule has 0 radical (unpaired) electrons. The van der Waals surface area contributed by atoms with Gasteiger partial charge in [-0.1, -0.05) is 11.6 Å². The minimum atomic E-state index is -0.482. The maximum absolute atomic E-state index is 12.2. The number of amides is 2. The predicted octanol–water partition coefficient (Wildman–Crippen LogP) is 3.74. The average molecular weight is 394 g/mol. The van der Waals surface area contributed by atoms with Crippen LogP contribution in [0.15, 0.2) is 18.2 Å². The van der Waals surface area contributed by atoms with Crippen LogP contribution in [0.1, 0.15) is 39.2 Å². The summed E-state index contributed by atoms with van der Waals surface area (Å²) in [5.41, 5.74) is 1.34. The number of nitrogens with zero attached hydrogens (tertiary/aromatic N) is 2. The summed E-state index contributed by atoms with van der Waals surface area (Å²) in [4.78, 5) is 28.3. The van der Waals surface area contributed by atoms with Crippen LogP contribution in [0.4, 0.5) is 10.5 Å². The largest absolute Gasteiger partial charge is 0.444 e. The molecule has 2 aliphatic rings. The number of hydrogen-bond acceptors (Lipinski definition) is 4. The highest BCUT2D eigenvalue weighted by molar-refractivity contribution is 6.30. The number of ether oxygens (including phenoxy) is 1. The molecule has 1 aliphatic heterocycles. The summed E-state index contributed by atoms with van der Waals surface area (Å²) in [6.45, 7) is 9.05. The summed E-state index contributed by atoms with van der Waals surface area (Å²) in [7, 11) is 0. The molecule has 0 unspecified atom stereocenters. The Labute approximate surface area is 165 Å². The summed E-state index contributed by atoms with van der Waals surface area (Å²) < 4.78 is 5.44. The Bertz CT molecular complexity index is 705. The van der Waals surface area contributed by atoms with Crippen molar-refractivity contribution in [3.8, 4) is 0 Å². The Morgan fingerprint density at radius 3 is 2.44 bits per heavy atom. The highest BCUT2D eigenvalue weighted by atomic mass is 35.5. The molecule has 7 heteroatoms. The lowest BCUT2D eigenvalue weighted by Gasteiger charge is -2.35. The van der Waals surface area contributed by atoms with Crippen molar-refractivity contribution < 1.29 is 14.3 Å². The molecule has 0 atom stereocenters. The number of hydrogen-bond donors (Lipinski definition) is 1. The van der Waals surface area contributed by atoms with E-state index in [1.54, 1.807) is 11.0 Å². The van der Waals surface area contributed by atoms with E-state index in [2.05, 4.69) is 10.2 Å². The van der Waals surface area contributed by atoms with E-state index in [4.69, 9.17) is 16.3 Å². The van der Waals surface area contributed by atoms with Crippen molar-refractivity contribution in [2.24, 2.45) is 5.92 Å². The summed E-state index contributed by atoms with van der Waals surface area (Å²) in [5, 5.41) is 3.69. The first-order valence-corrected chi connectivity index (χ1v) is 9.88. The van der Waals surface area contributed by atoms with Crippen molar-refractivity contribution in [3.63, 3.8) is 0 Å². The van der Waals surface area contributed by atoms with Gasteiger partial charge in [-0.2, -0.15) is 0 Å². The van der Waals surface area contributed by atoms with Gasteiger partial charge in [0.15, 0.2) is 0 Å². The first-order valence-electron chi connectivity index (χ1n) is 9.51. The molecule has 1 aliphatic carbocycles. The van der Waals surface area contributed by atoms with Gasteiger partial charge in [-0.05, 0) is 57.4 Å². The fourth-order valence-corrected chi connectivity index (χ4v) is 3.25. The van der Waals surface area contributed by atoms with Crippen molar-refractivity contribution >= 4 is 29.3 Å². The second-order valence-electron chi connectivity index (χ2n) is 8.31. The molecule has 0 aromatic heterocycles. The minimum Gasteiger partial charge on any atom is -0.444 e. The number of halogens is 1. The van der Waals surface area contributed by atoms with E-state index in [0.29, 0.717) is 24.7 Å². The third kappa shape index (κ3) is 5.84. The standard InChI is InChI=1S/C20H28ClN3O3/c1-20(2,3)27-19(26)24-10-8-23(9-11-24)13-15-12-16(21)6-7-17(15)22-18(25)14-4-5-14/h6-7,12,14H,4-5,8-11,13H2,1-3H3,(H,22,25). The van der Waals surface area contributed by atoms with E-state index in [1.165, 1.54) is 0 Å². The quantitative estimate of drug-likeness (QED) is 0.846. The number of piperazine rings is 1. The topological polar surface area (TPSA) is 61.9 Å². The number of nitrogens with one attached hydrogen (secondary N) is 1. The summed E-state index contributed by atoms with van der Waals surface area (Å²) in [6, 6.07) is 5.58. The molecule has 0 bridgehead atoms. The highest BCUT2D eigenvalue weighted by Crippen LogP contribution is 2.31. The molecule has 0 spiro atoms. The molecular weight excluding hydrogens is 366 g/mol. The van der Waals surface area contributed by atoms with E-state index >= 15 is 0 Å². The van der Waals surface area contributed by atoms with Gasteiger partial charge in [0.05, 0.1) is 0 Å². The summed E-state index contributed by atoms with van der Waals surface area (Å²) in [6.07, 6.45) is 1.69. The SMILES string of the molecule is CC(C)(C)OC(=O)N1CCN(Cc2cc(Cl)ccc2NC(=O)C2CC2)CC1. The van der Waals surface area contributed by atoms with Crippen molar-refractivity contribution in [2.45, 2.75) is 45.8 Å². The molecule has 2 fully saturated rings. The molecule has 1 aromatic rings. The molecule has 6 nitrogen and oxygen atoms in total. The van der Waals surface area contributed by atoms with Gasteiger partial charge in [-0.3, -0.25) is 9.69 Å². The second-order valence-corrected chi connectivity index (χ2v) is 8.74. The molecule has 1 saturated carbocycles. The van der Waals surface area contributed by atoms with Crippen LogP contribution in [0.5, 0.6) is 0 Å². The van der Waals surface area contributed by atoms with E-state index < -0.39 is 5.60 Å². The summed E-state index contributed by atoms with van der Waals surface area (Å²) >= 11 is 6.17. The minimum absolute atomic E-state index is 0.0910. The second kappa shape index (κ2) is 8.07. The zero-order chi connectivity index (χ0) is 19.6. The zero-order valence-corrected chi connectivity index (χ0v) is 17.0. The maximum Gasteiger partial charge on any atom is 0.410 e. The number of rotatable bonds is 4. The Balaban J connectivity index is 1.57. The molecule has 1 N–H and O–H groups in total. The van der Waals surface area contributed by atoms with Crippen LogP contribution >= 0.6 is 11.6 Å². The van der Waals surface area contributed by atoms with Gasteiger partial charge in [0.25, 0.3) is 0 Å². The number of carbonyl (C=O) groups excluding carboxylic acids is 2. The summed E-state index contributed by atoms with van der Waals surface area (Å²) in [5.74, 6) is 0.249. The van der Waals surface area contributed by atoms with Crippen molar-refractivity contribution in [3.05, 3.63) is 28.8 Å². The first kappa shape index (κ1) is 20.0. The Morgan fingerprint density at radius 2 is 1.85 bits per heavy atom. The van der Waals surface area contributed by atoms with Crippen molar-refractivity contribution in [2.75, 3.05) is 31.5 Å².